The van der Waals surface area contributed by atoms with Crippen LogP contribution in [0.2, 0.25) is 6.04 Å². The maximum absolute atomic E-state index is 5.55. The van der Waals surface area contributed by atoms with Crippen LogP contribution in [-0.4, -0.2) is 22.5 Å². The maximum atomic E-state index is 5.55. The molecule has 0 spiro atoms. The Bertz CT molecular complexity index is 111. The van der Waals surface area contributed by atoms with Crippen molar-refractivity contribution in [3.05, 3.63) is 12.7 Å². The van der Waals surface area contributed by atoms with Crippen molar-refractivity contribution in [3.63, 3.8) is 0 Å². The first-order valence-corrected chi connectivity index (χ1v) is 6.95. The molecule has 0 aliphatic rings. The normalized spacial score (nSPS) is 10.7. The fraction of sp³-hybridized carbons (Fsp3) is 0.800. The minimum absolute atomic E-state index is 0.790. The zero-order valence-corrected chi connectivity index (χ0v) is 10.1. The Morgan fingerprint density at radius 3 is 2.23 bits per heavy atom. The zero-order valence-electron chi connectivity index (χ0n) is 8.92. The molecule has 3 heteroatoms. The lowest BCUT2D eigenvalue weighted by Gasteiger charge is -2.13. The van der Waals surface area contributed by atoms with Gasteiger partial charge in [-0.2, -0.15) is 0 Å². The number of unbranched alkanes of at least 4 members (excludes halogenated alkanes) is 2. The summed E-state index contributed by atoms with van der Waals surface area (Å²) in [4.78, 5) is 0. The van der Waals surface area contributed by atoms with Gasteiger partial charge in [-0.1, -0.05) is 12.5 Å². The van der Waals surface area contributed by atoms with Gasteiger partial charge in [0.1, 0.15) is 0 Å². The van der Waals surface area contributed by atoms with E-state index in [9.17, 15) is 0 Å². The molecule has 0 rings (SSSR count). The van der Waals surface area contributed by atoms with Gasteiger partial charge in [0.15, 0.2) is 0 Å². The van der Waals surface area contributed by atoms with Gasteiger partial charge in [-0.15, -0.1) is 6.58 Å². The van der Waals surface area contributed by atoms with Crippen LogP contribution in [0.5, 0.6) is 0 Å². The third kappa shape index (κ3) is 8.21. The molecular weight excluding hydrogens is 180 g/mol. The maximum Gasteiger partial charge on any atom is 0.321 e. The summed E-state index contributed by atoms with van der Waals surface area (Å²) >= 11 is 0. The smallest absolute Gasteiger partial charge is 0.321 e. The molecule has 0 unspecified atom stereocenters. The summed E-state index contributed by atoms with van der Waals surface area (Å²) in [7, 11) is -1.31. The first kappa shape index (κ1) is 12.9. The fourth-order valence-electron chi connectivity index (χ4n) is 1.19. The van der Waals surface area contributed by atoms with Crippen molar-refractivity contribution >= 4 is 9.28 Å². The van der Waals surface area contributed by atoms with Gasteiger partial charge < -0.3 is 8.85 Å². The first-order valence-electron chi connectivity index (χ1n) is 5.19. The summed E-state index contributed by atoms with van der Waals surface area (Å²) in [5.74, 6) is 0. The molecule has 0 aromatic carbocycles. The molecule has 0 atom stereocenters. The van der Waals surface area contributed by atoms with Gasteiger partial charge >= 0.3 is 9.28 Å². The van der Waals surface area contributed by atoms with E-state index in [1.165, 1.54) is 12.8 Å². The van der Waals surface area contributed by atoms with Crippen LogP contribution in [0.3, 0.4) is 0 Å². The highest BCUT2D eigenvalue weighted by molar-refractivity contribution is 6.44. The van der Waals surface area contributed by atoms with Crippen molar-refractivity contribution < 1.29 is 8.85 Å². The van der Waals surface area contributed by atoms with Gasteiger partial charge in [-0.05, 0) is 32.7 Å². The van der Waals surface area contributed by atoms with Gasteiger partial charge in [0, 0.05) is 13.2 Å². The third-order valence-electron chi connectivity index (χ3n) is 1.80. The second-order valence-corrected chi connectivity index (χ2v) is 5.02. The van der Waals surface area contributed by atoms with Crippen LogP contribution in [0.1, 0.15) is 33.1 Å². The minimum atomic E-state index is -1.31. The van der Waals surface area contributed by atoms with Crippen molar-refractivity contribution in [1.29, 1.82) is 0 Å². The van der Waals surface area contributed by atoms with Crippen LogP contribution >= 0.6 is 0 Å². The minimum Gasteiger partial charge on any atom is -0.397 e. The summed E-state index contributed by atoms with van der Waals surface area (Å²) in [6.07, 6.45) is 5.51. The lowest BCUT2D eigenvalue weighted by molar-refractivity contribution is 0.212. The zero-order chi connectivity index (χ0) is 9.94. The van der Waals surface area contributed by atoms with Crippen molar-refractivity contribution in [2.75, 3.05) is 13.2 Å². The highest BCUT2D eigenvalue weighted by atomic mass is 28.3. The van der Waals surface area contributed by atoms with Crippen molar-refractivity contribution in [2.24, 2.45) is 0 Å². The van der Waals surface area contributed by atoms with Crippen LogP contribution in [0.15, 0.2) is 12.7 Å². The van der Waals surface area contributed by atoms with Gasteiger partial charge in [0.25, 0.3) is 0 Å². The molecule has 0 fully saturated rings. The molecule has 0 amide bonds. The third-order valence-corrected chi connectivity index (χ3v) is 4.09. The van der Waals surface area contributed by atoms with E-state index < -0.39 is 9.28 Å². The van der Waals surface area contributed by atoms with Crippen molar-refractivity contribution in [2.45, 2.75) is 39.2 Å². The second-order valence-electron chi connectivity index (χ2n) is 2.91. The fourth-order valence-corrected chi connectivity index (χ4v) is 2.98. The lowest BCUT2D eigenvalue weighted by atomic mass is 10.2. The topological polar surface area (TPSA) is 18.5 Å². The highest BCUT2D eigenvalue weighted by Crippen LogP contribution is 2.06. The molecule has 0 aliphatic carbocycles. The number of hydrogen-bond donors (Lipinski definition) is 0. The second kappa shape index (κ2) is 9.96. The van der Waals surface area contributed by atoms with Gasteiger partial charge in [-0.3, -0.25) is 0 Å². The largest absolute Gasteiger partial charge is 0.397 e. The highest BCUT2D eigenvalue weighted by Gasteiger charge is 2.10. The molecule has 78 valence electrons. The number of hydrogen-bond acceptors (Lipinski definition) is 2. The molecule has 13 heavy (non-hydrogen) atoms. The summed E-state index contributed by atoms with van der Waals surface area (Å²) < 4.78 is 11.1. The Kier molecular flexibility index (Phi) is 9.87. The molecule has 0 bridgehead atoms. The molecule has 2 nitrogen and oxygen atoms in total. The SMILES string of the molecule is C=CCCCC[SiH](OCC)OCC. The lowest BCUT2D eigenvalue weighted by Crippen LogP contribution is -2.22. The van der Waals surface area contributed by atoms with Crippen molar-refractivity contribution in [3.8, 4) is 0 Å². The number of rotatable bonds is 9. The van der Waals surface area contributed by atoms with Gasteiger partial charge in [0.2, 0.25) is 0 Å². The van der Waals surface area contributed by atoms with Gasteiger partial charge in [0.05, 0.1) is 0 Å². The van der Waals surface area contributed by atoms with Crippen LogP contribution in [-0.2, 0) is 8.85 Å². The predicted octanol–water partition coefficient (Wildman–Crippen LogP) is 2.64. The first-order chi connectivity index (χ1) is 6.35. The van der Waals surface area contributed by atoms with E-state index in [1.54, 1.807) is 0 Å². The molecule has 0 heterocycles. The predicted molar refractivity (Wildman–Crippen MR) is 59.3 cm³/mol. The quantitative estimate of drug-likeness (QED) is 0.325. The van der Waals surface area contributed by atoms with Crippen LogP contribution in [0, 0.1) is 0 Å². The van der Waals surface area contributed by atoms with Crippen molar-refractivity contribution in [1.82, 2.24) is 0 Å². The monoisotopic (exact) mass is 202 g/mol. The molecule has 0 aromatic heterocycles. The Hall–Kier alpha value is -0.123. The van der Waals surface area contributed by atoms with Crippen LogP contribution < -0.4 is 0 Å². The Morgan fingerprint density at radius 1 is 1.15 bits per heavy atom. The van der Waals surface area contributed by atoms with E-state index >= 15 is 0 Å². The molecule has 0 aliphatic heterocycles. The van der Waals surface area contributed by atoms with E-state index in [4.69, 9.17) is 8.85 Å². The molecule has 0 saturated carbocycles. The molecular formula is C10H22O2Si. The van der Waals surface area contributed by atoms with E-state index in [0.717, 1.165) is 25.7 Å². The average Bonchev–Trinajstić information content (AvgIpc) is 2.13. The van der Waals surface area contributed by atoms with Crippen LogP contribution in [0.25, 0.3) is 0 Å². The molecule has 0 N–H and O–H groups in total. The Balaban J connectivity index is 3.37. The van der Waals surface area contributed by atoms with E-state index in [0.29, 0.717) is 0 Å². The summed E-state index contributed by atoms with van der Waals surface area (Å²) in [5, 5.41) is 0. The van der Waals surface area contributed by atoms with E-state index in [1.807, 2.05) is 19.9 Å². The summed E-state index contributed by atoms with van der Waals surface area (Å²) in [6, 6.07) is 1.13. The van der Waals surface area contributed by atoms with E-state index in [2.05, 4.69) is 6.58 Å². The average molecular weight is 202 g/mol. The van der Waals surface area contributed by atoms with Gasteiger partial charge in [-0.25, -0.2) is 0 Å². The van der Waals surface area contributed by atoms with E-state index in [-0.39, 0.29) is 0 Å². The standard InChI is InChI=1S/C10H22O2Si/c1-4-7-8-9-10-13(11-5-2)12-6-3/h4,13H,1,5-10H2,2-3H3. The molecule has 0 radical (unpaired) electrons. The summed E-state index contributed by atoms with van der Waals surface area (Å²) in [5.41, 5.74) is 0. The molecule has 0 saturated heterocycles. The molecule has 0 aromatic rings. The summed E-state index contributed by atoms with van der Waals surface area (Å²) in [6.45, 7) is 9.34. The Labute approximate surface area is 83.8 Å². The Morgan fingerprint density at radius 2 is 1.77 bits per heavy atom. The van der Waals surface area contributed by atoms with Crippen LogP contribution in [0.4, 0.5) is 0 Å². The number of allylic oxidation sites excluding steroid dienone is 1.